The lowest BCUT2D eigenvalue weighted by Gasteiger charge is -2.04. The molecule has 0 saturated carbocycles. The lowest BCUT2D eigenvalue weighted by molar-refractivity contribution is -0.124. The minimum Gasteiger partial charge on any atom is -0.347 e. The van der Waals surface area contributed by atoms with E-state index in [0.717, 1.165) is 6.26 Å². The Hall–Kier alpha value is -1.37. The molecule has 0 saturated heterocycles. The number of rotatable bonds is 6. The number of hydrogen-bond donors (Lipinski definition) is 2. The summed E-state index contributed by atoms with van der Waals surface area (Å²) < 4.78 is 23.1. The predicted molar refractivity (Wildman–Crippen MR) is 64.6 cm³/mol. The van der Waals surface area contributed by atoms with Crippen LogP contribution in [0.4, 0.5) is 0 Å². The second-order valence-electron chi connectivity index (χ2n) is 3.95. The predicted octanol–water partition coefficient (Wildman–Crippen LogP) is -0.219. The van der Waals surface area contributed by atoms with E-state index >= 15 is 0 Å². The Balaban J connectivity index is 3.89. The largest absolute Gasteiger partial charge is 0.347 e. The van der Waals surface area contributed by atoms with Crippen molar-refractivity contribution < 1.29 is 18.0 Å². The molecule has 0 fully saturated rings. The van der Waals surface area contributed by atoms with Crippen molar-refractivity contribution in [2.24, 2.45) is 5.92 Å². The molecule has 0 bridgehead atoms. The summed E-state index contributed by atoms with van der Waals surface area (Å²) >= 11 is 0. The molecule has 0 atom stereocenters. The van der Waals surface area contributed by atoms with E-state index in [2.05, 4.69) is 5.32 Å². The summed E-state index contributed by atoms with van der Waals surface area (Å²) in [5.74, 6) is -0.726. The third kappa shape index (κ3) is 10.9. The van der Waals surface area contributed by atoms with Gasteiger partial charge in [-0.15, -0.1) is 0 Å². The van der Waals surface area contributed by atoms with Crippen molar-refractivity contribution in [1.82, 2.24) is 10.0 Å². The zero-order chi connectivity index (χ0) is 13.5. The molecule has 0 aromatic rings. The van der Waals surface area contributed by atoms with Crippen LogP contribution in [-0.4, -0.2) is 33.0 Å². The molecule has 0 rings (SSSR count). The summed E-state index contributed by atoms with van der Waals surface area (Å²) in [4.78, 5) is 22.2. The van der Waals surface area contributed by atoms with Gasteiger partial charge in [0.05, 0.1) is 12.8 Å². The van der Waals surface area contributed by atoms with Gasteiger partial charge < -0.3 is 5.32 Å². The van der Waals surface area contributed by atoms with Gasteiger partial charge in [0.25, 0.3) is 5.91 Å². The van der Waals surface area contributed by atoms with E-state index in [0.29, 0.717) is 5.92 Å². The molecule has 2 N–H and O–H groups in total. The molecular weight excluding hydrogens is 244 g/mol. The molecule has 0 radical (unpaired) electrons. The fourth-order valence-corrected chi connectivity index (χ4v) is 1.43. The first-order chi connectivity index (χ1) is 7.70. The number of hydrogen-bond acceptors (Lipinski definition) is 4. The number of carbonyl (C=O) groups excluding carboxylic acids is 2. The smallest absolute Gasteiger partial charge is 0.252 e. The number of carbonyl (C=O) groups is 2. The Labute approximate surface area is 102 Å². The zero-order valence-electron chi connectivity index (χ0n) is 10.2. The molecule has 0 heterocycles. The Morgan fingerprint density at radius 1 is 1.24 bits per heavy atom. The van der Waals surface area contributed by atoms with Crippen LogP contribution >= 0.6 is 0 Å². The van der Waals surface area contributed by atoms with Crippen LogP contribution in [0.15, 0.2) is 12.2 Å². The Kier molecular flexibility index (Phi) is 6.48. The van der Waals surface area contributed by atoms with Crippen molar-refractivity contribution in [1.29, 1.82) is 0 Å². The Bertz CT molecular complexity index is 399. The van der Waals surface area contributed by atoms with Gasteiger partial charge in [-0.2, -0.15) is 0 Å². The van der Waals surface area contributed by atoms with Gasteiger partial charge in [0.1, 0.15) is 0 Å². The van der Waals surface area contributed by atoms with Crippen LogP contribution < -0.4 is 10.0 Å². The van der Waals surface area contributed by atoms with Crippen LogP contribution in [0.2, 0.25) is 0 Å². The molecular formula is C10H18N2O4S. The highest BCUT2D eigenvalue weighted by Crippen LogP contribution is 1.94. The molecule has 0 aliphatic carbocycles. The first-order valence-electron chi connectivity index (χ1n) is 5.14. The van der Waals surface area contributed by atoms with Crippen LogP contribution in [-0.2, 0) is 19.6 Å². The average molecular weight is 262 g/mol. The van der Waals surface area contributed by atoms with Crippen molar-refractivity contribution in [2.45, 2.75) is 20.3 Å². The topological polar surface area (TPSA) is 92.3 Å². The zero-order valence-corrected chi connectivity index (χ0v) is 11.0. The highest BCUT2D eigenvalue weighted by atomic mass is 32.2. The van der Waals surface area contributed by atoms with E-state index in [1.54, 1.807) is 10.8 Å². The second kappa shape index (κ2) is 7.05. The van der Waals surface area contributed by atoms with Gasteiger partial charge in [0, 0.05) is 6.42 Å². The molecule has 7 heteroatoms. The Morgan fingerprint density at radius 2 is 1.82 bits per heavy atom. The SMILES string of the molecule is CC(C)C=CCC(=O)NCC(=O)NS(C)(=O)=O. The molecule has 0 aromatic carbocycles. The number of nitrogens with one attached hydrogen (secondary N) is 2. The first-order valence-corrected chi connectivity index (χ1v) is 7.04. The van der Waals surface area contributed by atoms with Gasteiger partial charge in [0.15, 0.2) is 0 Å². The van der Waals surface area contributed by atoms with Crippen molar-refractivity contribution in [3.8, 4) is 0 Å². The first kappa shape index (κ1) is 15.6. The van der Waals surface area contributed by atoms with Gasteiger partial charge in [0.2, 0.25) is 15.9 Å². The number of allylic oxidation sites excluding steroid dienone is 1. The van der Waals surface area contributed by atoms with Crippen LogP contribution in [0.25, 0.3) is 0 Å². The molecule has 0 aromatic heterocycles. The number of amides is 2. The normalized spacial score (nSPS) is 11.8. The van der Waals surface area contributed by atoms with E-state index in [1.165, 1.54) is 0 Å². The molecule has 6 nitrogen and oxygen atoms in total. The summed E-state index contributed by atoms with van der Waals surface area (Å²) in [6, 6.07) is 0. The van der Waals surface area contributed by atoms with Crippen molar-refractivity contribution in [3.05, 3.63) is 12.2 Å². The summed E-state index contributed by atoms with van der Waals surface area (Å²) in [5, 5.41) is 2.31. The maximum Gasteiger partial charge on any atom is 0.252 e. The maximum atomic E-state index is 11.2. The minimum atomic E-state index is -3.56. The Morgan fingerprint density at radius 3 is 2.29 bits per heavy atom. The summed E-state index contributed by atoms with van der Waals surface area (Å²) in [6.45, 7) is 3.61. The minimum absolute atomic E-state index is 0.171. The molecule has 0 aliphatic heterocycles. The summed E-state index contributed by atoms with van der Waals surface area (Å²) in [7, 11) is -3.56. The van der Waals surface area contributed by atoms with E-state index in [1.807, 2.05) is 19.9 Å². The number of sulfonamides is 1. The molecule has 2 amide bonds. The van der Waals surface area contributed by atoms with Crippen molar-refractivity contribution in [2.75, 3.05) is 12.8 Å². The summed E-state index contributed by atoms with van der Waals surface area (Å²) in [5.41, 5.74) is 0. The molecule has 98 valence electrons. The van der Waals surface area contributed by atoms with Gasteiger partial charge in [-0.25, -0.2) is 8.42 Å². The lowest BCUT2D eigenvalue weighted by atomic mass is 10.2. The quantitative estimate of drug-likeness (QED) is 0.647. The fourth-order valence-electron chi connectivity index (χ4n) is 0.941. The highest BCUT2D eigenvalue weighted by molar-refractivity contribution is 7.89. The van der Waals surface area contributed by atoms with Gasteiger partial charge in [-0.3, -0.25) is 14.3 Å². The molecule has 0 aliphatic rings. The standard InChI is InChI=1S/C10H18N2O4S/c1-8(2)5-4-6-9(13)11-7-10(14)12-17(3,15)16/h4-5,8H,6-7H2,1-3H3,(H,11,13)(H,12,14). The van der Waals surface area contributed by atoms with E-state index in [-0.39, 0.29) is 18.9 Å². The average Bonchev–Trinajstić information content (AvgIpc) is 2.11. The fraction of sp³-hybridized carbons (Fsp3) is 0.600. The van der Waals surface area contributed by atoms with Crippen LogP contribution in [0.1, 0.15) is 20.3 Å². The molecule has 0 unspecified atom stereocenters. The van der Waals surface area contributed by atoms with Crippen molar-refractivity contribution >= 4 is 21.8 Å². The van der Waals surface area contributed by atoms with E-state index in [4.69, 9.17) is 0 Å². The van der Waals surface area contributed by atoms with Crippen molar-refractivity contribution in [3.63, 3.8) is 0 Å². The van der Waals surface area contributed by atoms with Crippen LogP contribution in [0.5, 0.6) is 0 Å². The highest BCUT2D eigenvalue weighted by Gasteiger charge is 2.08. The van der Waals surface area contributed by atoms with E-state index in [9.17, 15) is 18.0 Å². The maximum absolute atomic E-state index is 11.2. The van der Waals surface area contributed by atoms with Crippen LogP contribution in [0.3, 0.4) is 0 Å². The lowest BCUT2D eigenvalue weighted by Crippen LogP contribution is -2.39. The monoisotopic (exact) mass is 262 g/mol. The second-order valence-corrected chi connectivity index (χ2v) is 5.70. The summed E-state index contributed by atoms with van der Waals surface area (Å²) in [6.07, 6.45) is 4.62. The van der Waals surface area contributed by atoms with Gasteiger partial charge >= 0.3 is 0 Å². The van der Waals surface area contributed by atoms with Crippen LogP contribution in [0, 0.1) is 5.92 Å². The van der Waals surface area contributed by atoms with Gasteiger partial charge in [-0.1, -0.05) is 26.0 Å². The molecule has 0 spiro atoms. The molecule has 17 heavy (non-hydrogen) atoms. The van der Waals surface area contributed by atoms with E-state index < -0.39 is 15.9 Å². The third-order valence-electron chi connectivity index (χ3n) is 1.57. The third-order valence-corrected chi connectivity index (χ3v) is 2.17. The van der Waals surface area contributed by atoms with Gasteiger partial charge in [-0.05, 0) is 5.92 Å².